The lowest BCUT2D eigenvalue weighted by Crippen LogP contribution is -2.24. The molecule has 0 aliphatic heterocycles. The van der Waals surface area contributed by atoms with E-state index < -0.39 is 0 Å². The van der Waals surface area contributed by atoms with E-state index in [2.05, 4.69) is 15.5 Å². The van der Waals surface area contributed by atoms with Crippen molar-refractivity contribution < 1.29 is 23.1 Å². The molecule has 3 aromatic rings. The van der Waals surface area contributed by atoms with E-state index in [0.29, 0.717) is 35.3 Å². The Bertz CT molecular complexity index is 863. The van der Waals surface area contributed by atoms with E-state index in [4.69, 9.17) is 18.3 Å². The van der Waals surface area contributed by atoms with Crippen LogP contribution >= 0.6 is 11.8 Å². The molecule has 26 heavy (non-hydrogen) atoms. The molecular weight excluding hydrogens is 358 g/mol. The van der Waals surface area contributed by atoms with Crippen molar-refractivity contribution >= 4 is 17.7 Å². The molecule has 1 amide bonds. The van der Waals surface area contributed by atoms with Gasteiger partial charge in [0.2, 0.25) is 5.91 Å². The first-order valence-electron chi connectivity index (χ1n) is 7.67. The second-order valence-electron chi connectivity index (χ2n) is 5.08. The Morgan fingerprint density at radius 2 is 2.12 bits per heavy atom. The normalized spacial score (nSPS) is 10.5. The van der Waals surface area contributed by atoms with Gasteiger partial charge in [-0.25, -0.2) is 0 Å². The predicted octanol–water partition coefficient (Wildman–Crippen LogP) is 2.76. The van der Waals surface area contributed by atoms with E-state index in [0.717, 1.165) is 11.8 Å². The topological polar surface area (TPSA) is 99.6 Å². The van der Waals surface area contributed by atoms with Crippen molar-refractivity contribution in [2.75, 3.05) is 20.0 Å². The van der Waals surface area contributed by atoms with E-state index in [-0.39, 0.29) is 16.9 Å². The third-order valence-electron chi connectivity index (χ3n) is 3.41. The Morgan fingerprint density at radius 3 is 2.85 bits per heavy atom. The molecule has 0 saturated heterocycles. The number of furan rings is 1. The number of benzene rings is 1. The largest absolute Gasteiger partial charge is 0.497 e. The molecule has 3 rings (SSSR count). The number of rotatable bonds is 8. The highest BCUT2D eigenvalue weighted by Gasteiger charge is 2.16. The summed E-state index contributed by atoms with van der Waals surface area (Å²) in [6, 6.07) is 8.84. The van der Waals surface area contributed by atoms with Gasteiger partial charge in [-0.1, -0.05) is 11.8 Å². The molecule has 8 nitrogen and oxygen atoms in total. The zero-order valence-corrected chi connectivity index (χ0v) is 15.0. The number of hydrogen-bond acceptors (Lipinski definition) is 8. The maximum absolute atomic E-state index is 11.9. The number of nitrogens with one attached hydrogen (secondary N) is 1. The van der Waals surface area contributed by atoms with Crippen LogP contribution in [0.15, 0.2) is 50.7 Å². The van der Waals surface area contributed by atoms with E-state index in [9.17, 15) is 4.79 Å². The van der Waals surface area contributed by atoms with Gasteiger partial charge in [0, 0.05) is 0 Å². The molecule has 1 aromatic carbocycles. The number of aromatic nitrogens is 2. The van der Waals surface area contributed by atoms with Crippen LogP contribution in [0.2, 0.25) is 0 Å². The Kier molecular flexibility index (Phi) is 5.80. The number of hydrogen-bond donors (Lipinski definition) is 1. The second kappa shape index (κ2) is 8.43. The van der Waals surface area contributed by atoms with Crippen LogP contribution in [0, 0.1) is 0 Å². The van der Waals surface area contributed by atoms with Crippen molar-refractivity contribution in [2.24, 2.45) is 0 Å². The lowest BCUT2D eigenvalue weighted by atomic mass is 10.2. The van der Waals surface area contributed by atoms with E-state index in [1.807, 2.05) is 0 Å². The molecule has 2 heterocycles. The van der Waals surface area contributed by atoms with Crippen LogP contribution in [-0.4, -0.2) is 36.1 Å². The van der Waals surface area contributed by atoms with Gasteiger partial charge >= 0.3 is 0 Å². The molecule has 136 valence electrons. The van der Waals surface area contributed by atoms with Gasteiger partial charge in [-0.3, -0.25) is 4.79 Å². The molecule has 2 aromatic heterocycles. The third-order valence-corrected chi connectivity index (χ3v) is 4.23. The Hall–Kier alpha value is -2.94. The average Bonchev–Trinajstić information content (AvgIpc) is 3.36. The summed E-state index contributed by atoms with van der Waals surface area (Å²) in [6.45, 7) is 0.336. The van der Waals surface area contributed by atoms with Crippen LogP contribution in [0.3, 0.4) is 0 Å². The van der Waals surface area contributed by atoms with Gasteiger partial charge in [0.25, 0.3) is 11.1 Å². The quantitative estimate of drug-likeness (QED) is 0.600. The maximum atomic E-state index is 11.9. The van der Waals surface area contributed by atoms with Gasteiger partial charge in [-0.15, -0.1) is 10.2 Å². The van der Waals surface area contributed by atoms with Crippen molar-refractivity contribution in [3.8, 4) is 23.0 Å². The van der Waals surface area contributed by atoms with Crippen molar-refractivity contribution in [3.63, 3.8) is 0 Å². The summed E-state index contributed by atoms with van der Waals surface area (Å²) in [5.74, 6) is 2.20. The first kappa shape index (κ1) is 17.9. The number of thioether (sulfide) groups is 1. The second-order valence-corrected chi connectivity index (χ2v) is 6.01. The fourth-order valence-corrected chi connectivity index (χ4v) is 2.73. The maximum Gasteiger partial charge on any atom is 0.277 e. The van der Waals surface area contributed by atoms with Crippen LogP contribution in [-0.2, 0) is 11.3 Å². The van der Waals surface area contributed by atoms with Crippen LogP contribution in [0.5, 0.6) is 11.5 Å². The molecule has 9 heteroatoms. The Morgan fingerprint density at radius 1 is 1.23 bits per heavy atom. The molecule has 0 fully saturated rings. The van der Waals surface area contributed by atoms with Crippen molar-refractivity contribution in [1.29, 1.82) is 0 Å². The first-order chi connectivity index (χ1) is 12.7. The van der Waals surface area contributed by atoms with Crippen LogP contribution in [0.4, 0.5) is 0 Å². The summed E-state index contributed by atoms with van der Waals surface area (Å²) in [4.78, 5) is 11.9. The van der Waals surface area contributed by atoms with Crippen LogP contribution in [0.25, 0.3) is 11.5 Å². The summed E-state index contributed by atoms with van der Waals surface area (Å²) in [5, 5.41) is 11.0. The smallest absolute Gasteiger partial charge is 0.277 e. The highest BCUT2D eigenvalue weighted by Crippen LogP contribution is 2.33. The SMILES string of the molecule is COc1ccc(OC)c(-c2nnc(SCC(=O)NCc3ccco3)o2)c1. The molecule has 0 unspecified atom stereocenters. The minimum Gasteiger partial charge on any atom is -0.497 e. The van der Waals surface area contributed by atoms with Gasteiger partial charge in [-0.05, 0) is 30.3 Å². The monoisotopic (exact) mass is 375 g/mol. The van der Waals surface area contributed by atoms with Gasteiger partial charge in [0.15, 0.2) is 0 Å². The highest BCUT2D eigenvalue weighted by atomic mass is 32.2. The lowest BCUT2D eigenvalue weighted by Gasteiger charge is -2.07. The van der Waals surface area contributed by atoms with E-state index in [1.54, 1.807) is 50.8 Å². The number of amides is 1. The molecule has 1 N–H and O–H groups in total. The zero-order valence-electron chi connectivity index (χ0n) is 14.2. The number of methoxy groups -OCH3 is 2. The summed E-state index contributed by atoms with van der Waals surface area (Å²) in [5.41, 5.74) is 0.619. The van der Waals surface area contributed by atoms with Crippen LogP contribution in [0.1, 0.15) is 5.76 Å². The Balaban J connectivity index is 1.60. The minimum atomic E-state index is -0.162. The van der Waals surface area contributed by atoms with Crippen molar-refractivity contribution in [1.82, 2.24) is 15.5 Å². The zero-order chi connectivity index (χ0) is 18.4. The van der Waals surface area contributed by atoms with Gasteiger partial charge in [0.05, 0.1) is 38.3 Å². The van der Waals surface area contributed by atoms with Gasteiger partial charge in [-0.2, -0.15) is 0 Å². The Labute approximate surface area is 153 Å². The summed E-state index contributed by atoms with van der Waals surface area (Å²) in [6.07, 6.45) is 1.56. The molecule has 0 saturated carbocycles. The van der Waals surface area contributed by atoms with Crippen LogP contribution < -0.4 is 14.8 Å². The predicted molar refractivity (Wildman–Crippen MR) is 94.1 cm³/mol. The minimum absolute atomic E-state index is 0.150. The molecular formula is C17H17N3O5S. The molecule has 0 atom stereocenters. The summed E-state index contributed by atoms with van der Waals surface area (Å²) < 4.78 is 21.3. The van der Waals surface area contributed by atoms with Crippen molar-refractivity contribution in [3.05, 3.63) is 42.4 Å². The number of ether oxygens (including phenoxy) is 2. The van der Waals surface area contributed by atoms with Gasteiger partial charge in [0.1, 0.15) is 17.3 Å². The summed E-state index contributed by atoms with van der Waals surface area (Å²) in [7, 11) is 3.13. The molecule has 0 bridgehead atoms. The molecule has 0 radical (unpaired) electrons. The lowest BCUT2D eigenvalue weighted by molar-refractivity contribution is -0.118. The number of carbonyl (C=O) groups excluding carboxylic acids is 1. The standard InChI is InChI=1S/C17H17N3O5S/c1-22-11-5-6-14(23-2)13(8-11)16-19-20-17(25-16)26-10-15(21)18-9-12-4-3-7-24-12/h3-8H,9-10H2,1-2H3,(H,18,21). The number of carbonyl (C=O) groups is 1. The fraction of sp³-hybridized carbons (Fsp3) is 0.235. The average molecular weight is 375 g/mol. The molecule has 0 aliphatic rings. The fourth-order valence-electron chi connectivity index (χ4n) is 2.14. The third kappa shape index (κ3) is 4.37. The highest BCUT2D eigenvalue weighted by molar-refractivity contribution is 7.99. The molecule has 0 spiro atoms. The number of nitrogens with zero attached hydrogens (tertiary/aromatic N) is 2. The van der Waals surface area contributed by atoms with E-state index >= 15 is 0 Å². The molecule has 0 aliphatic carbocycles. The first-order valence-corrected chi connectivity index (χ1v) is 8.66. The van der Waals surface area contributed by atoms with Crippen molar-refractivity contribution in [2.45, 2.75) is 11.8 Å². The van der Waals surface area contributed by atoms with E-state index in [1.165, 1.54) is 0 Å². The van der Waals surface area contributed by atoms with Gasteiger partial charge < -0.3 is 23.6 Å². The summed E-state index contributed by atoms with van der Waals surface area (Å²) >= 11 is 1.15.